The first-order valence-electron chi connectivity index (χ1n) is 11.8. The fraction of sp³-hybridized carbons (Fsp3) is 0.286. The second-order valence-electron chi connectivity index (χ2n) is 9.54. The van der Waals surface area contributed by atoms with E-state index < -0.39 is 27.4 Å². The number of phenols is 1. The SMILES string of the molecule is CNC(=O)c1cc(S(=O)(=O)c2ccc(CCN(Cc3ccccc3)C(=O)OC(C)(C)C)cc2)ccc1O. The van der Waals surface area contributed by atoms with Gasteiger partial charge in [0.2, 0.25) is 9.84 Å². The van der Waals surface area contributed by atoms with E-state index in [9.17, 15) is 23.1 Å². The molecule has 0 atom stereocenters. The van der Waals surface area contributed by atoms with E-state index in [0.717, 1.165) is 17.2 Å². The third-order valence-electron chi connectivity index (χ3n) is 5.52. The monoisotopic (exact) mass is 524 g/mol. The number of carbonyl (C=O) groups is 2. The van der Waals surface area contributed by atoms with E-state index in [0.29, 0.717) is 19.5 Å². The summed E-state index contributed by atoms with van der Waals surface area (Å²) in [5.74, 6) is -0.895. The van der Waals surface area contributed by atoms with Gasteiger partial charge in [-0.25, -0.2) is 13.2 Å². The van der Waals surface area contributed by atoms with Crippen LogP contribution in [0, 0.1) is 0 Å². The van der Waals surface area contributed by atoms with Crippen LogP contribution in [0.4, 0.5) is 4.79 Å². The summed E-state index contributed by atoms with van der Waals surface area (Å²) in [6, 6.07) is 19.6. The van der Waals surface area contributed by atoms with Crippen LogP contribution < -0.4 is 5.32 Å². The zero-order chi connectivity index (χ0) is 27.2. The molecule has 0 heterocycles. The van der Waals surface area contributed by atoms with Crippen LogP contribution in [0.1, 0.15) is 42.3 Å². The number of hydrogen-bond acceptors (Lipinski definition) is 6. The van der Waals surface area contributed by atoms with Crippen LogP contribution >= 0.6 is 0 Å². The van der Waals surface area contributed by atoms with E-state index in [-0.39, 0.29) is 21.1 Å². The van der Waals surface area contributed by atoms with Crippen LogP contribution in [0.5, 0.6) is 5.75 Å². The lowest BCUT2D eigenvalue weighted by Crippen LogP contribution is -2.37. The number of benzene rings is 3. The van der Waals surface area contributed by atoms with Gasteiger partial charge in [0.05, 0.1) is 15.4 Å². The van der Waals surface area contributed by atoms with Crippen LogP contribution in [0.25, 0.3) is 0 Å². The van der Waals surface area contributed by atoms with E-state index in [1.165, 1.54) is 31.3 Å². The lowest BCUT2D eigenvalue weighted by Gasteiger charge is -2.27. The van der Waals surface area contributed by atoms with E-state index in [4.69, 9.17) is 4.74 Å². The lowest BCUT2D eigenvalue weighted by atomic mass is 10.1. The Hall–Kier alpha value is -3.85. The second kappa shape index (κ2) is 11.5. The van der Waals surface area contributed by atoms with Crippen LogP contribution in [-0.2, 0) is 27.5 Å². The van der Waals surface area contributed by atoms with Crippen molar-refractivity contribution in [3.05, 3.63) is 89.5 Å². The molecule has 196 valence electrons. The van der Waals surface area contributed by atoms with Gasteiger partial charge in [-0.2, -0.15) is 0 Å². The first-order chi connectivity index (χ1) is 17.4. The Morgan fingerprint density at radius 3 is 2.14 bits per heavy atom. The molecule has 37 heavy (non-hydrogen) atoms. The van der Waals surface area contributed by atoms with Gasteiger partial charge in [-0.15, -0.1) is 0 Å². The first kappa shape index (κ1) is 27.7. The Morgan fingerprint density at radius 2 is 1.54 bits per heavy atom. The molecular formula is C28H32N2O6S. The van der Waals surface area contributed by atoms with E-state index in [1.807, 2.05) is 51.1 Å². The minimum Gasteiger partial charge on any atom is -0.507 e. The van der Waals surface area contributed by atoms with Gasteiger partial charge in [0, 0.05) is 20.1 Å². The summed E-state index contributed by atoms with van der Waals surface area (Å²) < 4.78 is 31.8. The number of hydrogen-bond donors (Lipinski definition) is 2. The number of carbonyl (C=O) groups excluding carboxylic acids is 2. The van der Waals surface area contributed by atoms with E-state index >= 15 is 0 Å². The Balaban J connectivity index is 1.77. The molecule has 3 aromatic rings. The number of aromatic hydroxyl groups is 1. The average Bonchev–Trinajstić information content (AvgIpc) is 2.86. The predicted molar refractivity (Wildman–Crippen MR) is 140 cm³/mol. The third kappa shape index (κ3) is 7.33. The van der Waals surface area contributed by atoms with Crippen molar-refractivity contribution in [2.45, 2.75) is 49.1 Å². The summed E-state index contributed by atoms with van der Waals surface area (Å²) in [6.45, 7) is 6.21. The normalized spacial score (nSPS) is 11.6. The number of rotatable bonds is 8. The lowest BCUT2D eigenvalue weighted by molar-refractivity contribution is 0.0235. The molecule has 9 heteroatoms. The summed E-state index contributed by atoms with van der Waals surface area (Å²) >= 11 is 0. The average molecular weight is 525 g/mol. The predicted octanol–water partition coefficient (Wildman–Crippen LogP) is 4.56. The van der Waals surface area contributed by atoms with Gasteiger partial charge in [-0.05, 0) is 68.7 Å². The van der Waals surface area contributed by atoms with Crippen LogP contribution in [0.3, 0.4) is 0 Å². The number of nitrogens with zero attached hydrogens (tertiary/aromatic N) is 1. The van der Waals surface area contributed by atoms with Gasteiger partial charge in [-0.1, -0.05) is 42.5 Å². The fourth-order valence-electron chi connectivity index (χ4n) is 3.60. The molecule has 0 aliphatic carbocycles. The highest BCUT2D eigenvalue weighted by Gasteiger charge is 2.23. The molecule has 0 radical (unpaired) electrons. The molecule has 2 N–H and O–H groups in total. The van der Waals surface area contributed by atoms with Crippen molar-refractivity contribution in [2.24, 2.45) is 0 Å². The summed E-state index contributed by atoms with van der Waals surface area (Å²) in [5, 5.41) is 12.3. The highest BCUT2D eigenvalue weighted by atomic mass is 32.2. The van der Waals surface area contributed by atoms with Crippen LogP contribution in [-0.4, -0.2) is 49.6 Å². The van der Waals surface area contributed by atoms with Gasteiger partial charge in [0.25, 0.3) is 5.91 Å². The maximum atomic E-state index is 13.1. The minimum atomic E-state index is -3.92. The Morgan fingerprint density at radius 1 is 0.919 bits per heavy atom. The number of sulfone groups is 1. The van der Waals surface area contributed by atoms with Crippen molar-refractivity contribution in [1.82, 2.24) is 10.2 Å². The van der Waals surface area contributed by atoms with Crippen molar-refractivity contribution in [3.63, 3.8) is 0 Å². The number of ether oxygens (including phenoxy) is 1. The molecule has 0 bridgehead atoms. The number of nitrogens with one attached hydrogen (secondary N) is 1. The molecule has 0 aromatic heterocycles. The van der Waals surface area contributed by atoms with Crippen molar-refractivity contribution < 1.29 is 27.9 Å². The van der Waals surface area contributed by atoms with E-state index in [2.05, 4.69) is 5.32 Å². The molecule has 2 amide bonds. The highest BCUT2D eigenvalue weighted by Crippen LogP contribution is 2.26. The number of amides is 2. The van der Waals surface area contributed by atoms with Gasteiger partial charge < -0.3 is 20.1 Å². The van der Waals surface area contributed by atoms with Crippen LogP contribution in [0.2, 0.25) is 0 Å². The smallest absolute Gasteiger partial charge is 0.410 e. The zero-order valence-corrected chi connectivity index (χ0v) is 22.2. The summed E-state index contributed by atoms with van der Waals surface area (Å²) in [5.41, 5.74) is 1.06. The van der Waals surface area contributed by atoms with Gasteiger partial charge >= 0.3 is 6.09 Å². The van der Waals surface area contributed by atoms with E-state index in [1.54, 1.807) is 17.0 Å². The Labute approximate surface area is 217 Å². The molecule has 8 nitrogen and oxygen atoms in total. The van der Waals surface area contributed by atoms with Gasteiger partial charge in [0.15, 0.2) is 0 Å². The molecule has 3 aromatic carbocycles. The molecule has 0 aliphatic heterocycles. The highest BCUT2D eigenvalue weighted by molar-refractivity contribution is 7.91. The van der Waals surface area contributed by atoms with Gasteiger partial charge in [-0.3, -0.25) is 4.79 Å². The van der Waals surface area contributed by atoms with Gasteiger partial charge in [0.1, 0.15) is 11.4 Å². The standard InChI is InChI=1S/C28H32N2O6S/c1-28(2,3)36-27(33)30(19-21-8-6-5-7-9-21)17-16-20-10-12-22(13-11-20)37(34,35)23-14-15-25(31)24(18-23)26(32)29-4/h5-15,18,31H,16-17,19H2,1-4H3,(H,29,32). The summed E-state index contributed by atoms with van der Waals surface area (Å²) in [6.07, 6.45) is 0.0710. The Bertz CT molecular complexity index is 1350. The third-order valence-corrected chi connectivity index (χ3v) is 7.29. The van der Waals surface area contributed by atoms with Crippen LogP contribution in [0.15, 0.2) is 82.6 Å². The molecule has 0 fully saturated rings. The number of phenolic OH excluding ortho intramolecular Hbond substituents is 1. The zero-order valence-electron chi connectivity index (χ0n) is 21.4. The summed E-state index contributed by atoms with van der Waals surface area (Å²) in [4.78, 5) is 26.4. The molecule has 0 spiro atoms. The molecular weight excluding hydrogens is 492 g/mol. The van der Waals surface area contributed by atoms with Crippen molar-refractivity contribution in [1.29, 1.82) is 0 Å². The quantitative estimate of drug-likeness (QED) is 0.447. The fourth-order valence-corrected chi connectivity index (χ4v) is 4.89. The van der Waals surface area contributed by atoms with Crippen molar-refractivity contribution in [2.75, 3.05) is 13.6 Å². The molecule has 0 saturated carbocycles. The molecule has 0 unspecified atom stereocenters. The minimum absolute atomic E-state index is 0.0538. The van der Waals surface area contributed by atoms with Crippen molar-refractivity contribution >= 4 is 21.8 Å². The molecule has 0 saturated heterocycles. The largest absolute Gasteiger partial charge is 0.507 e. The molecule has 3 rings (SSSR count). The topological polar surface area (TPSA) is 113 Å². The maximum Gasteiger partial charge on any atom is 0.410 e. The van der Waals surface area contributed by atoms with Crippen molar-refractivity contribution in [3.8, 4) is 5.75 Å². The second-order valence-corrected chi connectivity index (χ2v) is 11.5. The first-order valence-corrected chi connectivity index (χ1v) is 13.3. The Kier molecular flexibility index (Phi) is 8.60. The summed E-state index contributed by atoms with van der Waals surface area (Å²) in [7, 11) is -2.52. The molecule has 0 aliphatic rings. The maximum absolute atomic E-state index is 13.1.